The Hall–Kier alpha value is -3.52. The Kier molecular flexibility index (Phi) is 7.14. The molecule has 0 bridgehead atoms. The summed E-state index contributed by atoms with van der Waals surface area (Å²) < 4.78 is 16.3. The number of ether oxygens (including phenoxy) is 3. The largest absolute Gasteiger partial charge is 0.481 e. The number of amides is 1. The molecule has 1 aliphatic rings. The molecule has 33 heavy (non-hydrogen) atoms. The molecule has 8 nitrogen and oxygen atoms in total. The normalized spacial score (nSPS) is 13.0. The maximum atomic E-state index is 12.5. The topological polar surface area (TPSA) is 85.8 Å². The van der Waals surface area contributed by atoms with E-state index in [0.717, 1.165) is 37.2 Å². The van der Waals surface area contributed by atoms with E-state index >= 15 is 0 Å². The second-order valence-corrected chi connectivity index (χ2v) is 7.89. The zero-order valence-corrected chi connectivity index (χ0v) is 19.3. The molecule has 0 radical (unpaired) electrons. The highest BCUT2D eigenvalue weighted by atomic mass is 35.5. The minimum atomic E-state index is 0.0783. The van der Waals surface area contributed by atoms with Gasteiger partial charge in [-0.05, 0) is 49.2 Å². The molecule has 1 amide bonds. The van der Waals surface area contributed by atoms with E-state index in [-0.39, 0.29) is 11.9 Å². The Labute approximate surface area is 197 Å². The minimum Gasteiger partial charge on any atom is -0.481 e. The van der Waals surface area contributed by atoms with Crippen molar-refractivity contribution in [3.8, 4) is 23.5 Å². The predicted octanol–water partition coefficient (Wildman–Crippen LogP) is 4.79. The van der Waals surface area contributed by atoms with Crippen LogP contribution in [-0.4, -0.2) is 48.1 Å². The molecule has 0 atom stereocenters. The Morgan fingerprint density at radius 3 is 2.33 bits per heavy atom. The molecule has 0 aliphatic carbocycles. The van der Waals surface area contributed by atoms with Crippen LogP contribution in [0.1, 0.15) is 28.8 Å². The Balaban J connectivity index is 1.47. The van der Waals surface area contributed by atoms with Crippen LogP contribution in [0.2, 0.25) is 5.02 Å². The van der Waals surface area contributed by atoms with Crippen molar-refractivity contribution < 1.29 is 19.0 Å². The molecule has 1 aliphatic heterocycles. The lowest BCUT2D eigenvalue weighted by Gasteiger charge is -2.16. The standard InChI is InChI=1S/C24H25ClN4O4/c1-31-21-14-22(32-2)28-24(27-21)33-20-7-5-6-19(25)18(20)15-26-17-10-8-16(9-11-17)23(30)29-12-3-4-13-29/h5-11,14,26H,3-4,12-13,15H2,1-2H3. The molecule has 2 heterocycles. The molecule has 4 rings (SSSR count). The summed E-state index contributed by atoms with van der Waals surface area (Å²) in [5.74, 6) is 1.23. The molecule has 1 N–H and O–H groups in total. The Bertz CT molecular complexity index is 1100. The van der Waals surface area contributed by atoms with Crippen LogP contribution in [0.3, 0.4) is 0 Å². The first-order valence-electron chi connectivity index (χ1n) is 10.6. The van der Waals surface area contributed by atoms with Gasteiger partial charge >= 0.3 is 6.01 Å². The highest BCUT2D eigenvalue weighted by Crippen LogP contribution is 2.31. The molecular weight excluding hydrogens is 444 g/mol. The lowest BCUT2D eigenvalue weighted by molar-refractivity contribution is 0.0793. The van der Waals surface area contributed by atoms with Crippen molar-refractivity contribution in [2.45, 2.75) is 19.4 Å². The lowest BCUT2D eigenvalue weighted by Crippen LogP contribution is -2.27. The third kappa shape index (κ3) is 5.46. The molecule has 2 aromatic carbocycles. The molecule has 0 unspecified atom stereocenters. The van der Waals surface area contributed by atoms with Crippen molar-refractivity contribution in [3.63, 3.8) is 0 Å². The number of carbonyl (C=O) groups is 1. The van der Waals surface area contributed by atoms with E-state index < -0.39 is 0 Å². The second kappa shape index (κ2) is 10.4. The quantitative estimate of drug-likeness (QED) is 0.508. The van der Waals surface area contributed by atoms with Crippen LogP contribution in [0.5, 0.6) is 23.5 Å². The zero-order chi connectivity index (χ0) is 23.2. The van der Waals surface area contributed by atoms with Gasteiger partial charge < -0.3 is 24.4 Å². The third-order valence-electron chi connectivity index (χ3n) is 5.35. The van der Waals surface area contributed by atoms with Gasteiger partial charge in [-0.15, -0.1) is 0 Å². The maximum Gasteiger partial charge on any atom is 0.328 e. The van der Waals surface area contributed by atoms with Crippen LogP contribution < -0.4 is 19.5 Å². The second-order valence-electron chi connectivity index (χ2n) is 7.48. The Morgan fingerprint density at radius 2 is 1.70 bits per heavy atom. The van der Waals surface area contributed by atoms with E-state index in [4.69, 9.17) is 25.8 Å². The number of carbonyl (C=O) groups excluding carboxylic acids is 1. The van der Waals surface area contributed by atoms with Gasteiger partial charge in [-0.3, -0.25) is 4.79 Å². The average Bonchev–Trinajstić information content (AvgIpc) is 3.38. The van der Waals surface area contributed by atoms with E-state index in [9.17, 15) is 4.79 Å². The highest BCUT2D eigenvalue weighted by Gasteiger charge is 2.19. The number of hydrogen-bond donors (Lipinski definition) is 1. The van der Waals surface area contributed by atoms with Crippen LogP contribution in [0.4, 0.5) is 5.69 Å². The number of nitrogens with one attached hydrogen (secondary N) is 1. The molecule has 9 heteroatoms. The molecule has 172 valence electrons. The van der Waals surface area contributed by atoms with E-state index in [1.165, 1.54) is 14.2 Å². The summed E-state index contributed by atoms with van der Waals surface area (Å²) in [6, 6.07) is 14.5. The van der Waals surface area contributed by atoms with Crippen LogP contribution in [-0.2, 0) is 6.54 Å². The van der Waals surface area contributed by atoms with Crippen molar-refractivity contribution in [2.24, 2.45) is 0 Å². The average molecular weight is 469 g/mol. The van der Waals surface area contributed by atoms with Crippen molar-refractivity contribution in [3.05, 3.63) is 64.7 Å². The number of benzene rings is 2. The summed E-state index contributed by atoms with van der Waals surface area (Å²) in [6.07, 6.45) is 2.14. The highest BCUT2D eigenvalue weighted by molar-refractivity contribution is 6.31. The lowest BCUT2D eigenvalue weighted by atomic mass is 10.1. The first-order chi connectivity index (χ1) is 16.1. The van der Waals surface area contributed by atoms with E-state index in [0.29, 0.717) is 34.6 Å². The van der Waals surface area contributed by atoms with E-state index in [2.05, 4.69) is 15.3 Å². The van der Waals surface area contributed by atoms with Crippen molar-refractivity contribution >= 4 is 23.2 Å². The van der Waals surface area contributed by atoms with Crippen molar-refractivity contribution in [1.82, 2.24) is 14.9 Å². The van der Waals surface area contributed by atoms with Gasteiger partial charge in [-0.1, -0.05) is 17.7 Å². The number of anilines is 1. The fourth-order valence-electron chi connectivity index (χ4n) is 3.57. The Morgan fingerprint density at radius 1 is 1.03 bits per heavy atom. The molecular formula is C24H25ClN4O4. The van der Waals surface area contributed by atoms with Gasteiger partial charge in [0.15, 0.2) is 0 Å². The number of methoxy groups -OCH3 is 2. The van der Waals surface area contributed by atoms with Gasteiger partial charge in [0.05, 0.1) is 20.3 Å². The fraction of sp³-hybridized carbons (Fsp3) is 0.292. The number of halogens is 1. The predicted molar refractivity (Wildman–Crippen MR) is 126 cm³/mol. The van der Waals surface area contributed by atoms with Gasteiger partial charge in [0, 0.05) is 41.5 Å². The third-order valence-corrected chi connectivity index (χ3v) is 5.70. The van der Waals surface area contributed by atoms with E-state index in [1.54, 1.807) is 24.3 Å². The molecule has 3 aromatic rings. The molecule has 1 fully saturated rings. The maximum absolute atomic E-state index is 12.5. The first kappa shape index (κ1) is 22.7. The fourth-order valence-corrected chi connectivity index (χ4v) is 3.80. The molecule has 0 saturated carbocycles. The summed E-state index contributed by atoms with van der Waals surface area (Å²) in [5.41, 5.74) is 2.29. The summed E-state index contributed by atoms with van der Waals surface area (Å²) in [5, 5.41) is 3.87. The van der Waals surface area contributed by atoms with Crippen LogP contribution in [0.25, 0.3) is 0 Å². The number of aromatic nitrogens is 2. The number of rotatable bonds is 8. The first-order valence-corrected chi connectivity index (χ1v) is 11.0. The monoisotopic (exact) mass is 468 g/mol. The van der Waals surface area contributed by atoms with Crippen molar-refractivity contribution in [1.29, 1.82) is 0 Å². The SMILES string of the molecule is COc1cc(OC)nc(Oc2cccc(Cl)c2CNc2ccc(C(=O)N3CCCC3)cc2)n1. The van der Waals surface area contributed by atoms with Gasteiger partial charge in [0.1, 0.15) is 5.75 Å². The van der Waals surface area contributed by atoms with Crippen molar-refractivity contribution in [2.75, 3.05) is 32.6 Å². The summed E-state index contributed by atoms with van der Waals surface area (Å²) in [7, 11) is 3.01. The number of likely N-dealkylation sites (tertiary alicyclic amines) is 1. The van der Waals surface area contributed by atoms with Crippen LogP contribution >= 0.6 is 11.6 Å². The number of nitrogens with zero attached hydrogens (tertiary/aromatic N) is 3. The molecule has 0 spiro atoms. The smallest absolute Gasteiger partial charge is 0.328 e. The molecule has 1 saturated heterocycles. The van der Waals surface area contributed by atoms with Crippen LogP contribution in [0.15, 0.2) is 48.5 Å². The molecule has 1 aromatic heterocycles. The van der Waals surface area contributed by atoms with Crippen LogP contribution in [0, 0.1) is 0 Å². The number of hydrogen-bond acceptors (Lipinski definition) is 7. The summed E-state index contributed by atoms with van der Waals surface area (Å²) in [6.45, 7) is 2.06. The summed E-state index contributed by atoms with van der Waals surface area (Å²) in [4.78, 5) is 22.8. The summed E-state index contributed by atoms with van der Waals surface area (Å²) >= 11 is 6.46. The van der Waals surface area contributed by atoms with Gasteiger partial charge in [0.25, 0.3) is 5.91 Å². The van der Waals surface area contributed by atoms with E-state index in [1.807, 2.05) is 29.2 Å². The zero-order valence-electron chi connectivity index (χ0n) is 18.5. The minimum absolute atomic E-state index is 0.0783. The van der Waals surface area contributed by atoms with Gasteiger partial charge in [0.2, 0.25) is 11.8 Å². The van der Waals surface area contributed by atoms with Gasteiger partial charge in [-0.25, -0.2) is 0 Å². The van der Waals surface area contributed by atoms with Gasteiger partial charge in [-0.2, -0.15) is 9.97 Å².